The molecule has 0 aliphatic carbocycles. The molecule has 20 heavy (non-hydrogen) atoms. The number of carbonyl (C=O) groups is 1. The van der Waals surface area contributed by atoms with Crippen molar-refractivity contribution in [2.45, 2.75) is 6.92 Å². The van der Waals surface area contributed by atoms with Gasteiger partial charge in [-0.05, 0) is 42.5 Å². The van der Waals surface area contributed by atoms with Crippen molar-refractivity contribution in [3.05, 3.63) is 52.5 Å². The number of hydrogen-bond acceptors (Lipinski definition) is 4. The van der Waals surface area contributed by atoms with Gasteiger partial charge in [-0.15, -0.1) is 0 Å². The van der Waals surface area contributed by atoms with E-state index in [4.69, 9.17) is 10.5 Å². The lowest BCUT2D eigenvalue weighted by molar-refractivity contribution is -0.131. The first kappa shape index (κ1) is 14.3. The third-order valence-corrected chi connectivity index (χ3v) is 3.03. The number of benzene rings is 2. The van der Waals surface area contributed by atoms with Crippen LogP contribution in [0.15, 0.2) is 51.9 Å². The number of anilines is 1. The average molecular weight is 333 g/mol. The molecule has 0 aliphatic heterocycles. The molecular weight excluding hydrogens is 320 g/mol. The van der Waals surface area contributed by atoms with Gasteiger partial charge in [0.15, 0.2) is 0 Å². The molecule has 2 aromatic carbocycles. The van der Waals surface area contributed by atoms with Gasteiger partial charge in [0.25, 0.3) is 0 Å². The first-order valence-corrected chi connectivity index (χ1v) is 6.71. The van der Waals surface area contributed by atoms with Crippen LogP contribution in [0.25, 0.3) is 0 Å². The Labute approximate surface area is 125 Å². The number of esters is 1. The van der Waals surface area contributed by atoms with Crippen molar-refractivity contribution in [1.82, 2.24) is 0 Å². The predicted octanol–water partition coefficient (Wildman–Crippen LogP) is 3.71. The minimum absolute atomic E-state index is 0.370. The zero-order chi connectivity index (χ0) is 14.5. The normalized spacial score (nSPS) is 10.7. The largest absolute Gasteiger partial charge is 0.427 e. The minimum atomic E-state index is -0.370. The quantitative estimate of drug-likeness (QED) is 0.403. The Balaban J connectivity index is 2.23. The number of nitrogen functional groups attached to an aromatic ring is 1. The van der Waals surface area contributed by atoms with Gasteiger partial charge >= 0.3 is 5.97 Å². The van der Waals surface area contributed by atoms with Crippen LogP contribution in [0.5, 0.6) is 5.75 Å². The highest BCUT2D eigenvalue weighted by Gasteiger charge is 2.02. The van der Waals surface area contributed by atoms with E-state index in [0.29, 0.717) is 17.0 Å². The maximum absolute atomic E-state index is 10.9. The lowest BCUT2D eigenvalue weighted by atomic mass is 10.2. The van der Waals surface area contributed by atoms with Gasteiger partial charge in [0.2, 0.25) is 0 Å². The lowest BCUT2D eigenvalue weighted by Gasteiger charge is -2.04. The molecule has 5 heteroatoms. The van der Waals surface area contributed by atoms with E-state index >= 15 is 0 Å². The molecule has 0 unspecified atom stereocenters. The molecule has 0 aliphatic rings. The summed E-state index contributed by atoms with van der Waals surface area (Å²) in [5.41, 5.74) is 7.95. The highest BCUT2D eigenvalue weighted by Crippen LogP contribution is 2.20. The van der Waals surface area contributed by atoms with Crippen LogP contribution in [0.4, 0.5) is 11.4 Å². The molecule has 102 valence electrons. The highest BCUT2D eigenvalue weighted by atomic mass is 79.9. The fourth-order valence-corrected chi connectivity index (χ4v) is 1.83. The van der Waals surface area contributed by atoms with Crippen LogP contribution in [-0.4, -0.2) is 12.2 Å². The van der Waals surface area contributed by atoms with Crippen LogP contribution < -0.4 is 10.5 Å². The second kappa shape index (κ2) is 6.34. The zero-order valence-electron chi connectivity index (χ0n) is 10.8. The van der Waals surface area contributed by atoms with Crippen LogP contribution in [-0.2, 0) is 4.79 Å². The number of nitrogens with zero attached hydrogens (tertiary/aromatic N) is 1. The van der Waals surface area contributed by atoms with E-state index in [-0.39, 0.29) is 5.97 Å². The third kappa shape index (κ3) is 3.93. The number of ether oxygens (including phenoxy) is 1. The van der Waals surface area contributed by atoms with Crippen molar-refractivity contribution in [3.63, 3.8) is 0 Å². The van der Waals surface area contributed by atoms with Crippen molar-refractivity contribution in [2.75, 3.05) is 5.73 Å². The molecule has 0 aromatic heterocycles. The van der Waals surface area contributed by atoms with Gasteiger partial charge < -0.3 is 10.5 Å². The Bertz CT molecular complexity index is 651. The van der Waals surface area contributed by atoms with Crippen LogP contribution in [0.1, 0.15) is 12.5 Å². The molecule has 0 fully saturated rings. The summed E-state index contributed by atoms with van der Waals surface area (Å²) in [6.07, 6.45) is 1.64. The monoisotopic (exact) mass is 332 g/mol. The summed E-state index contributed by atoms with van der Waals surface area (Å²) in [6.45, 7) is 1.35. The number of hydrogen-bond donors (Lipinski definition) is 1. The predicted molar refractivity (Wildman–Crippen MR) is 83.6 cm³/mol. The van der Waals surface area contributed by atoms with Crippen molar-refractivity contribution >= 4 is 39.5 Å². The maximum atomic E-state index is 10.9. The first-order chi connectivity index (χ1) is 9.54. The van der Waals surface area contributed by atoms with Crippen molar-refractivity contribution in [2.24, 2.45) is 4.99 Å². The van der Waals surface area contributed by atoms with Crippen molar-refractivity contribution < 1.29 is 9.53 Å². The second-order valence-electron chi connectivity index (χ2n) is 4.12. The number of rotatable bonds is 3. The standard InChI is InChI=1S/C15H13BrN2O2/c1-10(19)20-14-6-7-15(17)11(8-14)9-18-13-4-2-12(16)3-5-13/h2-9H,17H2,1H3. The van der Waals surface area contributed by atoms with Crippen LogP contribution >= 0.6 is 15.9 Å². The molecule has 0 saturated carbocycles. The Kier molecular flexibility index (Phi) is 4.53. The van der Waals surface area contributed by atoms with E-state index in [2.05, 4.69) is 20.9 Å². The molecular formula is C15H13BrN2O2. The lowest BCUT2D eigenvalue weighted by Crippen LogP contribution is -2.02. The molecule has 2 rings (SSSR count). The molecule has 0 spiro atoms. The average Bonchev–Trinajstić information content (AvgIpc) is 2.40. The smallest absolute Gasteiger partial charge is 0.308 e. The van der Waals surface area contributed by atoms with Gasteiger partial charge in [0.1, 0.15) is 5.75 Å². The van der Waals surface area contributed by atoms with E-state index in [1.54, 1.807) is 24.4 Å². The highest BCUT2D eigenvalue weighted by molar-refractivity contribution is 9.10. The van der Waals surface area contributed by atoms with E-state index in [1.807, 2.05) is 24.3 Å². The molecule has 0 radical (unpaired) electrons. The maximum Gasteiger partial charge on any atom is 0.308 e. The van der Waals surface area contributed by atoms with E-state index in [0.717, 1.165) is 10.2 Å². The SMILES string of the molecule is CC(=O)Oc1ccc(N)c(C=Nc2ccc(Br)cc2)c1. The summed E-state index contributed by atoms with van der Waals surface area (Å²) in [7, 11) is 0. The van der Waals surface area contributed by atoms with Crippen molar-refractivity contribution in [1.29, 1.82) is 0 Å². The molecule has 2 aromatic rings. The fraction of sp³-hybridized carbons (Fsp3) is 0.0667. The Morgan fingerprint density at radius 2 is 1.95 bits per heavy atom. The second-order valence-corrected chi connectivity index (χ2v) is 5.03. The molecule has 0 saturated heterocycles. The van der Waals surface area contributed by atoms with Crippen LogP contribution in [0.3, 0.4) is 0 Å². The number of nitrogens with two attached hydrogens (primary N) is 1. The van der Waals surface area contributed by atoms with Gasteiger partial charge in [-0.2, -0.15) is 0 Å². The van der Waals surface area contributed by atoms with Crippen LogP contribution in [0.2, 0.25) is 0 Å². The fourth-order valence-electron chi connectivity index (χ4n) is 1.57. The number of carbonyl (C=O) groups excluding carboxylic acids is 1. The molecule has 0 atom stereocenters. The summed E-state index contributed by atoms with van der Waals surface area (Å²) in [6, 6.07) is 12.6. The third-order valence-electron chi connectivity index (χ3n) is 2.50. The van der Waals surface area contributed by atoms with Gasteiger partial charge in [0, 0.05) is 28.9 Å². The molecule has 0 bridgehead atoms. The summed E-state index contributed by atoms with van der Waals surface area (Å²) < 4.78 is 6.01. The van der Waals surface area contributed by atoms with Gasteiger partial charge in [-0.25, -0.2) is 0 Å². The number of halogens is 1. The Morgan fingerprint density at radius 3 is 2.60 bits per heavy atom. The minimum Gasteiger partial charge on any atom is -0.427 e. The van der Waals surface area contributed by atoms with Gasteiger partial charge in [0.05, 0.1) is 5.69 Å². The molecule has 2 N–H and O–H groups in total. The first-order valence-electron chi connectivity index (χ1n) is 5.92. The van der Waals surface area contributed by atoms with Crippen LogP contribution in [0, 0.1) is 0 Å². The van der Waals surface area contributed by atoms with Crippen molar-refractivity contribution in [3.8, 4) is 5.75 Å². The summed E-state index contributed by atoms with van der Waals surface area (Å²) in [5, 5.41) is 0. The molecule has 4 nitrogen and oxygen atoms in total. The van der Waals surface area contributed by atoms with Gasteiger partial charge in [-0.3, -0.25) is 9.79 Å². The zero-order valence-corrected chi connectivity index (χ0v) is 12.4. The van der Waals surface area contributed by atoms with E-state index in [1.165, 1.54) is 6.92 Å². The Hall–Kier alpha value is -2.14. The van der Waals surface area contributed by atoms with E-state index in [9.17, 15) is 4.79 Å². The number of aliphatic imine (C=N–C) groups is 1. The van der Waals surface area contributed by atoms with E-state index < -0.39 is 0 Å². The topological polar surface area (TPSA) is 64.7 Å². The summed E-state index contributed by atoms with van der Waals surface area (Å²) in [4.78, 5) is 15.3. The molecule has 0 heterocycles. The summed E-state index contributed by atoms with van der Waals surface area (Å²) in [5.74, 6) is 0.0783. The Morgan fingerprint density at radius 1 is 1.25 bits per heavy atom. The molecule has 0 amide bonds. The summed E-state index contributed by atoms with van der Waals surface area (Å²) >= 11 is 3.37. The van der Waals surface area contributed by atoms with Gasteiger partial charge in [-0.1, -0.05) is 15.9 Å².